The van der Waals surface area contributed by atoms with E-state index in [1.54, 1.807) is 12.3 Å². The van der Waals surface area contributed by atoms with Gasteiger partial charge in [-0.2, -0.15) is 5.10 Å². The highest BCUT2D eigenvalue weighted by Crippen LogP contribution is 2.44. The SMILES string of the molecule is CCn1nc(C(S)=CC2=C(C(=O)OC(c3ccccc3)c3ccccc3)N3C(=O)C(NC(=O)C(=NOC)c4csc(NC(c5ccccc5)(c5ccccc5)c5ccccc5)n4)C3SC2)[nH]c(=O)c1=O. The number of benzene rings is 5. The average Bonchev–Trinajstić information content (AvgIpc) is 3.87. The molecule has 18 heteroatoms. The molecule has 70 heavy (non-hydrogen) atoms. The molecule has 1 saturated heterocycles. The van der Waals surface area contributed by atoms with Crippen molar-refractivity contribution in [2.75, 3.05) is 18.2 Å². The number of β-lactam (4-membered cyclic amide) rings is 1. The molecule has 0 radical (unpaired) electrons. The first-order chi connectivity index (χ1) is 34.1. The Morgan fingerprint density at radius 3 is 1.93 bits per heavy atom. The summed E-state index contributed by atoms with van der Waals surface area (Å²) in [6.07, 6.45) is 0.641. The van der Waals surface area contributed by atoms with Gasteiger partial charge in [-0.15, -0.1) is 35.7 Å². The normalized spacial score (nSPS) is 16.1. The van der Waals surface area contributed by atoms with Crippen molar-refractivity contribution in [3.05, 3.63) is 234 Å². The van der Waals surface area contributed by atoms with E-state index in [9.17, 15) is 24.0 Å². The number of nitrogens with one attached hydrogen (secondary N) is 3. The van der Waals surface area contributed by atoms with Crippen LogP contribution in [-0.4, -0.2) is 72.4 Å². The van der Waals surface area contributed by atoms with Crippen LogP contribution in [0.2, 0.25) is 0 Å². The van der Waals surface area contributed by atoms with Crippen LogP contribution in [0.1, 0.15) is 52.4 Å². The Labute approximate surface area is 415 Å². The summed E-state index contributed by atoms with van der Waals surface area (Å²) in [4.78, 5) is 82.3. The van der Waals surface area contributed by atoms with Crippen LogP contribution in [0.5, 0.6) is 0 Å². The number of aryl methyl sites for hydroxylation is 1. The fraction of sp³-hybridized carbons (Fsp3) is 0.154. The molecule has 15 nitrogen and oxygen atoms in total. The van der Waals surface area contributed by atoms with Crippen molar-refractivity contribution in [1.29, 1.82) is 0 Å². The quantitative estimate of drug-likeness (QED) is 0.0147. The molecule has 2 amide bonds. The number of fused-ring (bicyclic) bond motifs is 1. The highest BCUT2D eigenvalue weighted by molar-refractivity contribution is 8.00. The Morgan fingerprint density at radius 1 is 0.857 bits per heavy atom. The number of aromatic amines is 1. The van der Waals surface area contributed by atoms with Crippen LogP contribution in [0.25, 0.3) is 4.91 Å². The lowest BCUT2D eigenvalue weighted by molar-refractivity contribution is -0.154. The van der Waals surface area contributed by atoms with Crippen LogP contribution in [0.15, 0.2) is 189 Å². The van der Waals surface area contributed by atoms with Gasteiger partial charge in [-0.05, 0) is 46.4 Å². The summed E-state index contributed by atoms with van der Waals surface area (Å²) in [6, 6.07) is 47.3. The number of allylic oxidation sites excluding steroid dienone is 1. The Bertz CT molecular complexity index is 3120. The second-order valence-electron chi connectivity index (χ2n) is 15.9. The number of esters is 1. The maximum atomic E-state index is 14.7. The van der Waals surface area contributed by atoms with Crippen LogP contribution >= 0.6 is 35.7 Å². The molecule has 2 atom stereocenters. The zero-order valence-corrected chi connectivity index (χ0v) is 40.1. The van der Waals surface area contributed by atoms with Gasteiger partial charge in [-0.25, -0.2) is 14.5 Å². The highest BCUT2D eigenvalue weighted by Gasteiger charge is 2.55. The van der Waals surface area contributed by atoms with Gasteiger partial charge in [-0.1, -0.05) is 157 Å². The highest BCUT2D eigenvalue weighted by atomic mass is 32.2. The molecule has 0 aliphatic carbocycles. The second-order valence-corrected chi connectivity index (χ2v) is 18.4. The molecule has 4 heterocycles. The molecule has 2 aromatic heterocycles. The zero-order valence-electron chi connectivity index (χ0n) is 37.6. The number of carbonyl (C=O) groups is 3. The Balaban J connectivity index is 1.02. The van der Waals surface area contributed by atoms with Gasteiger partial charge in [0, 0.05) is 22.6 Å². The van der Waals surface area contributed by atoms with Gasteiger partial charge in [0.2, 0.25) is 0 Å². The average molecular weight is 989 g/mol. The lowest BCUT2D eigenvalue weighted by Crippen LogP contribution is -2.71. The second kappa shape index (κ2) is 20.8. The molecule has 2 unspecified atom stereocenters. The monoisotopic (exact) mass is 988 g/mol. The van der Waals surface area contributed by atoms with Gasteiger partial charge in [0.1, 0.15) is 35.5 Å². The van der Waals surface area contributed by atoms with Crippen LogP contribution in [0.4, 0.5) is 5.13 Å². The summed E-state index contributed by atoms with van der Waals surface area (Å²) in [5.74, 6) is -2.04. The fourth-order valence-electron chi connectivity index (χ4n) is 8.41. The summed E-state index contributed by atoms with van der Waals surface area (Å²) >= 11 is 7.19. The minimum Gasteiger partial charge on any atom is -0.448 e. The van der Waals surface area contributed by atoms with Gasteiger partial charge >= 0.3 is 17.1 Å². The van der Waals surface area contributed by atoms with Crippen molar-refractivity contribution in [1.82, 2.24) is 30.0 Å². The molecule has 7 aromatic rings. The van der Waals surface area contributed by atoms with Crippen molar-refractivity contribution >= 4 is 69.3 Å². The molecule has 5 aromatic carbocycles. The van der Waals surface area contributed by atoms with Crippen molar-refractivity contribution in [3.63, 3.8) is 0 Å². The number of oxime groups is 1. The van der Waals surface area contributed by atoms with E-state index in [4.69, 9.17) is 14.6 Å². The van der Waals surface area contributed by atoms with Crippen molar-refractivity contribution in [3.8, 4) is 0 Å². The lowest BCUT2D eigenvalue weighted by atomic mass is 9.77. The zero-order chi connectivity index (χ0) is 48.8. The predicted octanol–water partition coefficient (Wildman–Crippen LogP) is 7.12. The first-order valence-electron chi connectivity index (χ1n) is 22.0. The number of hydrogen-bond acceptors (Lipinski definition) is 14. The Kier molecular flexibility index (Phi) is 14.1. The third-order valence-electron chi connectivity index (χ3n) is 11.7. The summed E-state index contributed by atoms with van der Waals surface area (Å²) in [6.45, 7) is 1.79. The lowest BCUT2D eigenvalue weighted by Gasteiger charge is -2.49. The summed E-state index contributed by atoms with van der Waals surface area (Å²) < 4.78 is 7.31. The number of amides is 2. The molecular formula is C52H44N8O7S3. The van der Waals surface area contributed by atoms with E-state index in [-0.39, 0.29) is 40.1 Å². The number of carbonyl (C=O) groups excluding carboxylic acids is 3. The molecule has 2 aliphatic rings. The number of nitrogens with zero attached hydrogens (tertiary/aromatic N) is 5. The predicted molar refractivity (Wildman–Crippen MR) is 273 cm³/mol. The number of H-pyrrole nitrogens is 1. The fourth-order valence-corrected chi connectivity index (χ4v) is 10.7. The number of aromatic nitrogens is 4. The molecule has 3 N–H and O–H groups in total. The third kappa shape index (κ3) is 9.35. The van der Waals surface area contributed by atoms with Crippen molar-refractivity contribution < 1.29 is 24.0 Å². The van der Waals surface area contributed by atoms with Gasteiger partial charge in [0.15, 0.2) is 22.8 Å². The smallest absolute Gasteiger partial charge is 0.356 e. The number of hydrogen-bond donors (Lipinski definition) is 4. The van der Waals surface area contributed by atoms with E-state index < -0.39 is 52.0 Å². The summed E-state index contributed by atoms with van der Waals surface area (Å²) in [5.41, 5.74) is 1.88. The molecule has 2 aliphatic heterocycles. The molecule has 9 rings (SSSR count). The first kappa shape index (κ1) is 47.3. The topological polar surface area (TPSA) is 190 Å². The molecule has 0 saturated carbocycles. The minimum absolute atomic E-state index is 0.0232. The van der Waals surface area contributed by atoms with Gasteiger partial charge in [-0.3, -0.25) is 29.1 Å². The number of ether oxygens (including phenoxy) is 1. The van der Waals surface area contributed by atoms with Crippen molar-refractivity contribution in [2.24, 2.45) is 5.16 Å². The van der Waals surface area contributed by atoms with Gasteiger partial charge < -0.3 is 20.2 Å². The van der Waals surface area contributed by atoms with E-state index in [2.05, 4.69) is 38.5 Å². The Hall–Kier alpha value is -7.80. The molecule has 1 fully saturated rings. The van der Waals surface area contributed by atoms with Crippen LogP contribution in [0.3, 0.4) is 0 Å². The largest absolute Gasteiger partial charge is 0.448 e. The van der Waals surface area contributed by atoms with Crippen molar-refractivity contribution in [2.45, 2.75) is 36.5 Å². The van der Waals surface area contributed by atoms with E-state index in [1.807, 2.05) is 152 Å². The molecule has 0 bridgehead atoms. The van der Waals surface area contributed by atoms with Gasteiger partial charge in [0.05, 0.1) is 0 Å². The van der Waals surface area contributed by atoms with E-state index in [0.29, 0.717) is 21.8 Å². The standard InChI is InChI=1S/C52H44N8O7S3/c1-3-59-48(64)46(62)55-44(57-59)39(68)29-34-30-69-49-41(47(63)60(49)42(34)50(65)67-43(32-19-9-4-10-20-32)33-21-11-5-12-22-33)54-45(61)40(58-66-2)38-31-70-51(53-38)56-52(35-23-13-6-14-24-35,36-25-15-7-16-26-36)37-27-17-8-18-28-37/h4-29,31,41,43,49,68H,3,30H2,1-2H3,(H,53,56)(H,54,61)(H,55,57,62). The maximum Gasteiger partial charge on any atom is 0.356 e. The first-order valence-corrected chi connectivity index (χ1v) is 24.4. The summed E-state index contributed by atoms with van der Waals surface area (Å²) in [7, 11) is 1.31. The van der Waals surface area contributed by atoms with E-state index >= 15 is 0 Å². The van der Waals surface area contributed by atoms with Gasteiger partial charge in [0.25, 0.3) is 11.8 Å². The number of thiol groups is 1. The van der Waals surface area contributed by atoms with E-state index in [1.165, 1.54) is 41.2 Å². The maximum absolute atomic E-state index is 14.7. The number of thiazole rings is 1. The van der Waals surface area contributed by atoms with Crippen LogP contribution < -0.4 is 21.8 Å². The van der Waals surface area contributed by atoms with Crippen LogP contribution in [-0.2, 0) is 36.0 Å². The molecule has 0 spiro atoms. The number of anilines is 1. The number of rotatable bonds is 16. The molecule has 352 valence electrons. The minimum atomic E-state index is -1.10. The Morgan fingerprint density at radius 2 is 1.40 bits per heavy atom. The van der Waals surface area contributed by atoms with E-state index in [0.717, 1.165) is 21.4 Å². The third-order valence-corrected chi connectivity index (χ3v) is 14.1. The summed E-state index contributed by atoms with van der Waals surface area (Å²) in [5, 5.41) is 16.3. The van der Waals surface area contributed by atoms with Crippen LogP contribution in [0, 0.1) is 0 Å². The molecular weight excluding hydrogens is 945 g/mol. The number of thioether (sulfide) groups is 1.